The zero-order chi connectivity index (χ0) is 14.4. The fourth-order valence-electron chi connectivity index (χ4n) is 1.60. The van der Waals surface area contributed by atoms with E-state index in [-0.39, 0.29) is 0 Å². The van der Waals surface area contributed by atoms with Gasteiger partial charge in [0.1, 0.15) is 0 Å². The van der Waals surface area contributed by atoms with Crippen molar-refractivity contribution in [1.29, 1.82) is 0 Å². The standard InChI is InChI=1S/C15H14ClNO3/c1-19-15(18)12-4-7-14(17-8-12)10-20-9-11-2-5-13(16)6-3-11/h2-8H,9-10H2,1H3. The van der Waals surface area contributed by atoms with Crippen molar-refractivity contribution in [3.8, 4) is 0 Å². The molecule has 0 spiro atoms. The van der Waals surface area contributed by atoms with E-state index >= 15 is 0 Å². The van der Waals surface area contributed by atoms with Crippen molar-refractivity contribution < 1.29 is 14.3 Å². The second kappa shape index (κ2) is 7.03. The average molecular weight is 292 g/mol. The van der Waals surface area contributed by atoms with Gasteiger partial charge in [-0.2, -0.15) is 0 Å². The summed E-state index contributed by atoms with van der Waals surface area (Å²) in [5, 5.41) is 0.703. The number of methoxy groups -OCH3 is 1. The number of aromatic nitrogens is 1. The molecular formula is C15H14ClNO3. The van der Waals surface area contributed by atoms with Gasteiger partial charge in [-0.05, 0) is 29.8 Å². The number of esters is 1. The van der Waals surface area contributed by atoms with Crippen LogP contribution >= 0.6 is 11.6 Å². The Labute approximate surface area is 122 Å². The van der Waals surface area contributed by atoms with E-state index in [0.717, 1.165) is 11.3 Å². The maximum Gasteiger partial charge on any atom is 0.339 e. The van der Waals surface area contributed by atoms with Gasteiger partial charge in [0.05, 0.1) is 31.6 Å². The molecule has 0 aliphatic rings. The lowest BCUT2D eigenvalue weighted by atomic mass is 10.2. The predicted octanol–water partition coefficient (Wildman–Crippen LogP) is 3.24. The SMILES string of the molecule is COC(=O)c1ccc(COCc2ccc(Cl)cc2)nc1. The van der Waals surface area contributed by atoms with Gasteiger partial charge < -0.3 is 9.47 Å². The molecule has 0 saturated carbocycles. The molecule has 104 valence electrons. The highest BCUT2D eigenvalue weighted by Gasteiger charge is 2.05. The van der Waals surface area contributed by atoms with E-state index in [1.54, 1.807) is 12.1 Å². The summed E-state index contributed by atoms with van der Waals surface area (Å²) in [7, 11) is 1.34. The number of nitrogens with zero attached hydrogens (tertiary/aromatic N) is 1. The fourth-order valence-corrected chi connectivity index (χ4v) is 1.73. The first kappa shape index (κ1) is 14.5. The zero-order valence-electron chi connectivity index (χ0n) is 11.0. The summed E-state index contributed by atoms with van der Waals surface area (Å²) in [6, 6.07) is 10.9. The van der Waals surface area contributed by atoms with Crippen LogP contribution in [0.15, 0.2) is 42.6 Å². The van der Waals surface area contributed by atoms with Crippen LogP contribution in [-0.2, 0) is 22.7 Å². The van der Waals surface area contributed by atoms with Crippen LogP contribution in [0.2, 0.25) is 5.02 Å². The van der Waals surface area contributed by atoms with Crippen LogP contribution < -0.4 is 0 Å². The van der Waals surface area contributed by atoms with E-state index < -0.39 is 5.97 Å². The van der Waals surface area contributed by atoms with Crippen LogP contribution in [0.25, 0.3) is 0 Å². The maximum atomic E-state index is 11.2. The number of benzene rings is 1. The number of hydrogen-bond donors (Lipinski definition) is 0. The second-order valence-corrected chi connectivity index (χ2v) is 4.59. The first-order chi connectivity index (χ1) is 9.69. The van der Waals surface area contributed by atoms with Crippen LogP contribution in [0.1, 0.15) is 21.6 Å². The molecule has 0 unspecified atom stereocenters. The molecule has 0 aliphatic heterocycles. The molecule has 1 aromatic carbocycles. The highest BCUT2D eigenvalue weighted by molar-refractivity contribution is 6.30. The Kier molecular flexibility index (Phi) is 5.09. The van der Waals surface area contributed by atoms with Crippen molar-refractivity contribution in [2.45, 2.75) is 13.2 Å². The summed E-state index contributed by atoms with van der Waals surface area (Å²) in [4.78, 5) is 15.4. The van der Waals surface area contributed by atoms with Crippen molar-refractivity contribution in [3.05, 3.63) is 64.4 Å². The van der Waals surface area contributed by atoms with Crippen molar-refractivity contribution in [2.24, 2.45) is 0 Å². The third-order valence-corrected chi connectivity index (χ3v) is 2.93. The largest absolute Gasteiger partial charge is 0.465 e. The number of pyridine rings is 1. The number of hydrogen-bond acceptors (Lipinski definition) is 4. The summed E-state index contributed by atoms with van der Waals surface area (Å²) in [5.74, 6) is -0.397. The Morgan fingerprint density at radius 2 is 1.90 bits per heavy atom. The van der Waals surface area contributed by atoms with E-state index in [9.17, 15) is 4.79 Å². The normalized spacial score (nSPS) is 10.3. The van der Waals surface area contributed by atoms with Gasteiger partial charge in [0.2, 0.25) is 0 Å². The fraction of sp³-hybridized carbons (Fsp3) is 0.200. The Morgan fingerprint density at radius 3 is 2.50 bits per heavy atom. The lowest BCUT2D eigenvalue weighted by molar-refractivity contribution is 0.0600. The van der Waals surface area contributed by atoms with E-state index in [2.05, 4.69) is 9.72 Å². The second-order valence-electron chi connectivity index (χ2n) is 4.15. The van der Waals surface area contributed by atoms with Crippen LogP contribution in [-0.4, -0.2) is 18.1 Å². The van der Waals surface area contributed by atoms with Crippen LogP contribution in [0.5, 0.6) is 0 Å². The highest BCUT2D eigenvalue weighted by atomic mass is 35.5. The number of halogens is 1. The van der Waals surface area contributed by atoms with Gasteiger partial charge in [-0.25, -0.2) is 4.79 Å². The summed E-state index contributed by atoms with van der Waals surface area (Å²) in [5.41, 5.74) is 2.22. The molecule has 0 saturated heterocycles. The lowest BCUT2D eigenvalue weighted by Gasteiger charge is -2.05. The van der Waals surface area contributed by atoms with Crippen LogP contribution in [0.3, 0.4) is 0 Å². The molecule has 0 bridgehead atoms. The molecule has 0 atom stereocenters. The first-order valence-electron chi connectivity index (χ1n) is 6.04. The molecule has 1 aromatic heterocycles. The van der Waals surface area contributed by atoms with Gasteiger partial charge >= 0.3 is 5.97 Å². The van der Waals surface area contributed by atoms with E-state index in [0.29, 0.717) is 23.8 Å². The maximum absolute atomic E-state index is 11.2. The summed E-state index contributed by atoms with van der Waals surface area (Å²) in [6.07, 6.45) is 1.48. The van der Waals surface area contributed by atoms with Gasteiger partial charge in [0.15, 0.2) is 0 Å². The van der Waals surface area contributed by atoms with Gasteiger partial charge in [-0.3, -0.25) is 4.98 Å². The van der Waals surface area contributed by atoms with Gasteiger partial charge in [0, 0.05) is 11.2 Å². The number of ether oxygens (including phenoxy) is 2. The summed E-state index contributed by atoms with van der Waals surface area (Å²) >= 11 is 5.81. The minimum Gasteiger partial charge on any atom is -0.465 e. The molecule has 0 aliphatic carbocycles. The van der Waals surface area contributed by atoms with Crippen molar-refractivity contribution in [3.63, 3.8) is 0 Å². The molecule has 1 heterocycles. The minimum absolute atomic E-state index is 0.379. The third kappa shape index (κ3) is 4.05. The summed E-state index contributed by atoms with van der Waals surface area (Å²) < 4.78 is 10.2. The zero-order valence-corrected chi connectivity index (χ0v) is 11.8. The summed E-state index contributed by atoms with van der Waals surface area (Å²) in [6.45, 7) is 0.863. The van der Waals surface area contributed by atoms with Gasteiger partial charge in [0.25, 0.3) is 0 Å². The minimum atomic E-state index is -0.397. The molecule has 5 heteroatoms. The molecule has 2 aromatic rings. The molecule has 4 nitrogen and oxygen atoms in total. The molecule has 0 radical (unpaired) electrons. The Hall–Kier alpha value is -1.91. The lowest BCUT2D eigenvalue weighted by Crippen LogP contribution is -2.03. The quantitative estimate of drug-likeness (QED) is 0.794. The number of rotatable bonds is 5. The number of carbonyl (C=O) groups excluding carboxylic acids is 1. The monoisotopic (exact) mass is 291 g/mol. The first-order valence-corrected chi connectivity index (χ1v) is 6.42. The topological polar surface area (TPSA) is 48.4 Å². The van der Waals surface area contributed by atoms with E-state index in [1.165, 1.54) is 13.3 Å². The molecule has 0 fully saturated rings. The third-order valence-electron chi connectivity index (χ3n) is 2.68. The van der Waals surface area contributed by atoms with Gasteiger partial charge in [-0.1, -0.05) is 23.7 Å². The smallest absolute Gasteiger partial charge is 0.339 e. The Bertz CT molecular complexity index is 567. The molecular weight excluding hydrogens is 278 g/mol. The van der Waals surface area contributed by atoms with Gasteiger partial charge in [-0.15, -0.1) is 0 Å². The Balaban J connectivity index is 1.85. The molecule has 0 N–H and O–H groups in total. The molecule has 0 amide bonds. The molecule has 20 heavy (non-hydrogen) atoms. The highest BCUT2D eigenvalue weighted by Crippen LogP contribution is 2.11. The van der Waals surface area contributed by atoms with E-state index in [4.69, 9.17) is 16.3 Å². The van der Waals surface area contributed by atoms with Crippen molar-refractivity contribution in [1.82, 2.24) is 4.98 Å². The van der Waals surface area contributed by atoms with Crippen molar-refractivity contribution in [2.75, 3.05) is 7.11 Å². The van der Waals surface area contributed by atoms with Crippen molar-refractivity contribution >= 4 is 17.6 Å². The van der Waals surface area contributed by atoms with Crippen LogP contribution in [0.4, 0.5) is 0 Å². The molecule has 2 rings (SSSR count). The predicted molar refractivity (Wildman–Crippen MR) is 75.5 cm³/mol. The Morgan fingerprint density at radius 1 is 1.15 bits per heavy atom. The van der Waals surface area contributed by atoms with Crippen LogP contribution in [0, 0.1) is 0 Å². The number of carbonyl (C=O) groups is 1. The van der Waals surface area contributed by atoms with E-state index in [1.807, 2.05) is 24.3 Å². The average Bonchev–Trinajstić information content (AvgIpc) is 2.49.